The number of hydrogen-bond acceptors (Lipinski definition) is 8. The van der Waals surface area contributed by atoms with Crippen molar-refractivity contribution in [1.82, 2.24) is 19.9 Å². The van der Waals surface area contributed by atoms with Gasteiger partial charge in [-0.3, -0.25) is 0 Å². The fourth-order valence-electron chi connectivity index (χ4n) is 4.45. The molecule has 0 spiro atoms. The molecule has 2 fully saturated rings. The zero-order valence-corrected chi connectivity index (χ0v) is 18.4. The van der Waals surface area contributed by atoms with E-state index in [-0.39, 0.29) is 0 Å². The lowest BCUT2D eigenvalue weighted by molar-refractivity contribution is 0.312. The van der Waals surface area contributed by atoms with E-state index >= 15 is 0 Å². The highest BCUT2D eigenvalue weighted by Gasteiger charge is 2.25. The summed E-state index contributed by atoms with van der Waals surface area (Å²) in [6.07, 6.45) is 5.00. The Bertz CT molecular complexity index is 827. The van der Waals surface area contributed by atoms with Crippen LogP contribution in [-0.4, -0.2) is 79.3 Å². The highest BCUT2D eigenvalue weighted by Crippen LogP contribution is 2.32. The summed E-state index contributed by atoms with van der Waals surface area (Å²) in [6.45, 7) is 10.2. The van der Waals surface area contributed by atoms with Gasteiger partial charge >= 0.3 is 0 Å². The summed E-state index contributed by atoms with van der Waals surface area (Å²) in [7, 11) is 2.19. The van der Waals surface area contributed by atoms with Crippen molar-refractivity contribution in [1.29, 1.82) is 0 Å². The molecule has 0 bridgehead atoms. The first kappa shape index (κ1) is 19.1. The van der Waals surface area contributed by atoms with E-state index in [2.05, 4.69) is 39.6 Å². The molecule has 0 aromatic carbocycles. The molecule has 5 rings (SSSR count). The van der Waals surface area contributed by atoms with Crippen molar-refractivity contribution < 1.29 is 0 Å². The van der Waals surface area contributed by atoms with Crippen molar-refractivity contribution in [2.24, 2.45) is 0 Å². The molecule has 0 N–H and O–H groups in total. The summed E-state index contributed by atoms with van der Waals surface area (Å²) in [5.74, 6) is 1.97. The standard InChI is InChI=1S/C21H31N7S/c1-16-15-19(26-9-7-25(2)8-10-26)24-20(22-16)27-11-13-28(14-12-27)21-23-17-5-3-4-6-18(17)29-21/h15H,3-14H2,1-2H3. The molecule has 2 aromatic rings. The number of hydrogen-bond donors (Lipinski definition) is 0. The number of nitrogens with zero attached hydrogens (tertiary/aromatic N) is 7. The van der Waals surface area contributed by atoms with Crippen LogP contribution in [0.4, 0.5) is 16.9 Å². The maximum atomic E-state index is 4.95. The number of aromatic nitrogens is 3. The van der Waals surface area contributed by atoms with Crippen molar-refractivity contribution in [3.8, 4) is 0 Å². The second-order valence-electron chi connectivity index (χ2n) is 8.51. The van der Waals surface area contributed by atoms with Gasteiger partial charge < -0.3 is 19.6 Å². The number of rotatable bonds is 3. The van der Waals surface area contributed by atoms with Crippen LogP contribution in [0.5, 0.6) is 0 Å². The smallest absolute Gasteiger partial charge is 0.227 e. The van der Waals surface area contributed by atoms with Crippen molar-refractivity contribution >= 4 is 28.2 Å². The zero-order chi connectivity index (χ0) is 19.8. The van der Waals surface area contributed by atoms with E-state index in [1.54, 1.807) is 0 Å². The second-order valence-corrected chi connectivity index (χ2v) is 9.57. The number of likely N-dealkylation sites (N-methyl/N-ethyl adjacent to an activating group) is 1. The Hall–Kier alpha value is -1.93. The molecule has 29 heavy (non-hydrogen) atoms. The number of piperazine rings is 2. The lowest BCUT2D eigenvalue weighted by Crippen LogP contribution is -2.47. The molecule has 0 unspecified atom stereocenters. The van der Waals surface area contributed by atoms with E-state index in [1.807, 2.05) is 11.3 Å². The van der Waals surface area contributed by atoms with Crippen LogP contribution in [0.3, 0.4) is 0 Å². The molecule has 156 valence electrons. The first-order valence-corrected chi connectivity index (χ1v) is 11.7. The fraction of sp³-hybridized carbons (Fsp3) is 0.667. The number of thiazole rings is 1. The fourth-order valence-corrected chi connectivity index (χ4v) is 5.65. The molecule has 0 atom stereocenters. The number of fused-ring (bicyclic) bond motifs is 1. The molecule has 8 heteroatoms. The Morgan fingerprint density at radius 1 is 0.793 bits per heavy atom. The summed E-state index contributed by atoms with van der Waals surface area (Å²) in [5.41, 5.74) is 2.41. The lowest BCUT2D eigenvalue weighted by atomic mass is 10.0. The molecular formula is C21H31N7S. The average molecular weight is 414 g/mol. The van der Waals surface area contributed by atoms with E-state index in [4.69, 9.17) is 15.0 Å². The molecule has 2 aliphatic heterocycles. The van der Waals surface area contributed by atoms with Crippen LogP contribution in [0.2, 0.25) is 0 Å². The van der Waals surface area contributed by atoms with E-state index in [1.165, 1.54) is 35.0 Å². The molecular weight excluding hydrogens is 382 g/mol. The first-order valence-electron chi connectivity index (χ1n) is 10.9. The van der Waals surface area contributed by atoms with Gasteiger partial charge in [-0.2, -0.15) is 4.98 Å². The van der Waals surface area contributed by atoms with Crippen molar-refractivity contribution in [2.75, 3.05) is 74.1 Å². The Morgan fingerprint density at radius 3 is 2.24 bits per heavy atom. The van der Waals surface area contributed by atoms with Crippen molar-refractivity contribution in [2.45, 2.75) is 32.6 Å². The van der Waals surface area contributed by atoms with Gasteiger partial charge in [-0.15, -0.1) is 11.3 Å². The van der Waals surface area contributed by atoms with Gasteiger partial charge in [0, 0.05) is 69.0 Å². The van der Waals surface area contributed by atoms with E-state index in [0.29, 0.717) is 0 Å². The van der Waals surface area contributed by atoms with E-state index in [0.717, 1.165) is 76.2 Å². The monoisotopic (exact) mass is 413 g/mol. The van der Waals surface area contributed by atoms with Gasteiger partial charge in [0.2, 0.25) is 5.95 Å². The minimum Gasteiger partial charge on any atom is -0.354 e. The third kappa shape index (κ3) is 4.05. The van der Waals surface area contributed by atoms with Crippen LogP contribution >= 0.6 is 11.3 Å². The quantitative estimate of drug-likeness (QED) is 0.765. The first-order chi connectivity index (χ1) is 14.2. The third-order valence-corrected chi connectivity index (χ3v) is 7.54. The zero-order valence-electron chi connectivity index (χ0n) is 17.6. The summed E-state index contributed by atoms with van der Waals surface area (Å²) in [6, 6.07) is 2.13. The highest BCUT2D eigenvalue weighted by molar-refractivity contribution is 7.15. The molecule has 4 heterocycles. The van der Waals surface area contributed by atoms with Crippen LogP contribution in [0, 0.1) is 6.92 Å². The molecule has 0 amide bonds. The summed E-state index contributed by atoms with van der Waals surface area (Å²) < 4.78 is 0. The van der Waals surface area contributed by atoms with Gasteiger partial charge in [0.15, 0.2) is 5.13 Å². The van der Waals surface area contributed by atoms with Gasteiger partial charge in [0.05, 0.1) is 5.69 Å². The lowest BCUT2D eigenvalue weighted by Gasteiger charge is -2.36. The summed E-state index contributed by atoms with van der Waals surface area (Å²) >= 11 is 1.92. The number of aryl methyl sites for hydroxylation is 3. The minimum atomic E-state index is 0.886. The molecule has 7 nitrogen and oxygen atoms in total. The third-order valence-electron chi connectivity index (χ3n) is 6.32. The van der Waals surface area contributed by atoms with Crippen LogP contribution in [0.1, 0.15) is 29.1 Å². The minimum absolute atomic E-state index is 0.886. The van der Waals surface area contributed by atoms with Gasteiger partial charge in [0.1, 0.15) is 5.82 Å². The maximum absolute atomic E-state index is 4.95. The maximum Gasteiger partial charge on any atom is 0.227 e. The summed E-state index contributed by atoms with van der Waals surface area (Å²) in [5, 5.41) is 1.22. The normalized spacial score (nSPS) is 20.8. The van der Waals surface area contributed by atoms with Gasteiger partial charge in [0.25, 0.3) is 0 Å². The predicted molar refractivity (Wildman–Crippen MR) is 120 cm³/mol. The Labute approximate surface area is 177 Å². The summed E-state index contributed by atoms with van der Waals surface area (Å²) in [4.78, 5) is 25.8. The Kier molecular flexibility index (Phi) is 5.30. The van der Waals surface area contributed by atoms with Crippen LogP contribution in [0.25, 0.3) is 0 Å². The van der Waals surface area contributed by atoms with Crippen LogP contribution in [-0.2, 0) is 12.8 Å². The van der Waals surface area contributed by atoms with Gasteiger partial charge in [-0.1, -0.05) is 0 Å². The SMILES string of the molecule is Cc1cc(N2CCN(C)CC2)nc(N2CCN(c3nc4c(s3)CCCC4)CC2)n1. The van der Waals surface area contributed by atoms with Gasteiger partial charge in [-0.05, 0) is 39.7 Å². The average Bonchev–Trinajstić information content (AvgIpc) is 3.18. The molecule has 1 aliphatic carbocycles. The topological polar surface area (TPSA) is 51.6 Å². The molecule has 3 aliphatic rings. The van der Waals surface area contributed by atoms with Crippen molar-refractivity contribution in [3.05, 3.63) is 22.3 Å². The molecule has 2 aromatic heterocycles. The Balaban J connectivity index is 1.26. The van der Waals surface area contributed by atoms with Crippen LogP contribution < -0.4 is 14.7 Å². The molecule has 0 radical (unpaired) electrons. The Morgan fingerprint density at radius 2 is 1.48 bits per heavy atom. The second kappa shape index (κ2) is 8.07. The predicted octanol–water partition coefficient (Wildman–Crippen LogP) is 2.20. The van der Waals surface area contributed by atoms with Crippen LogP contribution in [0.15, 0.2) is 6.07 Å². The van der Waals surface area contributed by atoms with E-state index < -0.39 is 0 Å². The van der Waals surface area contributed by atoms with Crippen molar-refractivity contribution in [3.63, 3.8) is 0 Å². The molecule has 0 saturated carbocycles. The highest BCUT2D eigenvalue weighted by atomic mass is 32.1. The molecule has 2 saturated heterocycles. The number of anilines is 3. The van der Waals surface area contributed by atoms with Gasteiger partial charge in [-0.25, -0.2) is 9.97 Å². The largest absolute Gasteiger partial charge is 0.354 e. The van der Waals surface area contributed by atoms with E-state index in [9.17, 15) is 0 Å².